The van der Waals surface area contributed by atoms with E-state index in [1.54, 1.807) is 18.2 Å². The van der Waals surface area contributed by atoms with Gasteiger partial charge in [0, 0.05) is 27.2 Å². The summed E-state index contributed by atoms with van der Waals surface area (Å²) in [5.41, 5.74) is 3.79. The molecule has 0 radical (unpaired) electrons. The van der Waals surface area contributed by atoms with E-state index in [2.05, 4.69) is 17.5 Å². The Balaban J connectivity index is 1.61. The van der Waals surface area contributed by atoms with Gasteiger partial charge in [-0.2, -0.15) is 0 Å². The summed E-state index contributed by atoms with van der Waals surface area (Å²) in [7, 11) is 0. The van der Waals surface area contributed by atoms with Crippen LogP contribution in [0.15, 0.2) is 79.1 Å². The first-order valence-electron chi connectivity index (χ1n) is 9.14. The highest BCUT2D eigenvalue weighted by atomic mass is 35.5. The maximum absolute atomic E-state index is 10.9. The number of para-hydroxylation sites is 2. The summed E-state index contributed by atoms with van der Waals surface area (Å²) < 4.78 is 0. The Labute approximate surface area is 185 Å². The fourth-order valence-corrected chi connectivity index (χ4v) is 4.20. The van der Waals surface area contributed by atoms with Gasteiger partial charge in [-0.1, -0.05) is 71.7 Å². The summed E-state index contributed by atoms with van der Waals surface area (Å²) in [5, 5.41) is 12.5. The summed E-state index contributed by atoms with van der Waals surface area (Å²) in [6.45, 7) is 5.27. The van der Waals surface area contributed by atoms with E-state index in [1.165, 1.54) is 0 Å². The Bertz CT molecular complexity index is 1050. The summed E-state index contributed by atoms with van der Waals surface area (Å²) in [5.74, 6) is 0.797. The predicted octanol–water partition coefficient (Wildman–Crippen LogP) is 6.68. The van der Waals surface area contributed by atoms with Crippen molar-refractivity contribution < 1.29 is 5.11 Å². The molecule has 0 aliphatic carbocycles. The van der Waals surface area contributed by atoms with Crippen LogP contribution in [-0.2, 0) is 6.54 Å². The van der Waals surface area contributed by atoms with Gasteiger partial charge in [0.15, 0.2) is 0 Å². The molecular weight excluding hydrogens is 427 g/mol. The zero-order valence-corrected chi connectivity index (χ0v) is 17.8. The standard InChI is InChI=1S/C23H19Cl3N2O/c1-15-27(13-16-6-8-17(24)9-7-16)21-4-2-3-5-22(21)28(15)14-23(29)19-11-10-18(25)12-20(19)26/h2-12,23,29H,1,13-14H2. The molecule has 0 spiro atoms. The molecule has 1 unspecified atom stereocenters. The first kappa shape index (κ1) is 20.1. The molecule has 3 aromatic rings. The number of benzene rings is 3. The normalized spacial score (nSPS) is 14.3. The van der Waals surface area contributed by atoms with Gasteiger partial charge in [0.25, 0.3) is 0 Å². The van der Waals surface area contributed by atoms with Gasteiger partial charge >= 0.3 is 0 Å². The van der Waals surface area contributed by atoms with E-state index in [0.29, 0.717) is 33.7 Å². The van der Waals surface area contributed by atoms with E-state index >= 15 is 0 Å². The first-order chi connectivity index (χ1) is 13.9. The lowest BCUT2D eigenvalue weighted by Crippen LogP contribution is -2.30. The Morgan fingerprint density at radius 1 is 0.828 bits per heavy atom. The van der Waals surface area contributed by atoms with Crippen molar-refractivity contribution >= 4 is 46.2 Å². The number of nitrogens with zero attached hydrogens (tertiary/aromatic N) is 2. The van der Waals surface area contributed by atoms with Crippen molar-refractivity contribution in [2.45, 2.75) is 12.6 Å². The first-order valence-corrected chi connectivity index (χ1v) is 10.3. The average molecular weight is 446 g/mol. The zero-order chi connectivity index (χ0) is 20.5. The molecule has 1 aliphatic heterocycles. The molecule has 29 heavy (non-hydrogen) atoms. The predicted molar refractivity (Wildman–Crippen MR) is 122 cm³/mol. The largest absolute Gasteiger partial charge is 0.386 e. The van der Waals surface area contributed by atoms with Crippen molar-refractivity contribution in [2.75, 3.05) is 16.3 Å². The Hall–Kier alpha value is -2.17. The molecular formula is C23H19Cl3N2O. The van der Waals surface area contributed by atoms with Crippen LogP contribution in [0.5, 0.6) is 0 Å². The second-order valence-corrected chi connectivity index (χ2v) is 8.19. The van der Waals surface area contributed by atoms with Crippen molar-refractivity contribution in [1.29, 1.82) is 0 Å². The van der Waals surface area contributed by atoms with Gasteiger partial charge < -0.3 is 14.9 Å². The summed E-state index contributed by atoms with van der Waals surface area (Å²) in [6, 6.07) is 20.9. The Morgan fingerprint density at radius 2 is 1.45 bits per heavy atom. The lowest BCUT2D eigenvalue weighted by Gasteiger charge is -2.27. The van der Waals surface area contributed by atoms with Gasteiger partial charge in [-0.25, -0.2) is 0 Å². The van der Waals surface area contributed by atoms with Crippen molar-refractivity contribution in [2.24, 2.45) is 0 Å². The number of halogens is 3. The lowest BCUT2D eigenvalue weighted by atomic mass is 10.1. The molecule has 3 aromatic carbocycles. The van der Waals surface area contributed by atoms with Crippen LogP contribution in [-0.4, -0.2) is 11.7 Å². The van der Waals surface area contributed by atoms with Crippen molar-refractivity contribution in [1.82, 2.24) is 0 Å². The molecule has 0 fully saturated rings. The van der Waals surface area contributed by atoms with Crippen LogP contribution in [0.4, 0.5) is 11.4 Å². The molecule has 3 nitrogen and oxygen atoms in total. The maximum Gasteiger partial charge on any atom is 0.106 e. The number of rotatable bonds is 5. The van der Waals surface area contributed by atoms with Crippen LogP contribution in [0.1, 0.15) is 17.2 Å². The molecule has 1 N–H and O–H groups in total. The fourth-order valence-electron chi connectivity index (χ4n) is 3.54. The highest BCUT2D eigenvalue weighted by molar-refractivity contribution is 6.35. The van der Waals surface area contributed by atoms with E-state index in [-0.39, 0.29) is 0 Å². The molecule has 4 rings (SSSR count). The third kappa shape index (κ3) is 4.10. The van der Waals surface area contributed by atoms with E-state index in [0.717, 1.165) is 22.8 Å². The molecule has 0 bridgehead atoms. The topological polar surface area (TPSA) is 26.7 Å². The van der Waals surface area contributed by atoms with Crippen LogP contribution in [0.3, 0.4) is 0 Å². The highest BCUT2D eigenvalue weighted by Gasteiger charge is 2.31. The van der Waals surface area contributed by atoms with E-state index in [9.17, 15) is 5.11 Å². The van der Waals surface area contributed by atoms with E-state index in [4.69, 9.17) is 34.8 Å². The number of aliphatic hydroxyl groups is 1. The average Bonchev–Trinajstić information content (AvgIpc) is 2.95. The molecule has 1 aliphatic rings. The quantitative estimate of drug-likeness (QED) is 0.474. The second-order valence-electron chi connectivity index (χ2n) is 6.91. The third-order valence-electron chi connectivity index (χ3n) is 5.02. The van der Waals surface area contributed by atoms with Crippen LogP contribution >= 0.6 is 34.8 Å². The minimum atomic E-state index is -0.792. The molecule has 0 aromatic heterocycles. The van der Waals surface area contributed by atoms with E-state index < -0.39 is 6.10 Å². The van der Waals surface area contributed by atoms with Gasteiger partial charge in [-0.3, -0.25) is 0 Å². The number of hydrogen-bond donors (Lipinski definition) is 1. The van der Waals surface area contributed by atoms with Gasteiger partial charge in [0.05, 0.1) is 24.0 Å². The highest BCUT2D eigenvalue weighted by Crippen LogP contribution is 2.43. The van der Waals surface area contributed by atoms with Crippen molar-refractivity contribution in [3.8, 4) is 0 Å². The van der Waals surface area contributed by atoms with Gasteiger partial charge in [-0.05, 0) is 42.0 Å². The minimum Gasteiger partial charge on any atom is -0.386 e. The van der Waals surface area contributed by atoms with Gasteiger partial charge in [-0.15, -0.1) is 0 Å². The van der Waals surface area contributed by atoms with Gasteiger partial charge in [0.1, 0.15) is 5.82 Å². The Kier molecular flexibility index (Phi) is 5.75. The van der Waals surface area contributed by atoms with Crippen molar-refractivity contribution in [3.63, 3.8) is 0 Å². The number of hydrogen-bond acceptors (Lipinski definition) is 3. The zero-order valence-electron chi connectivity index (χ0n) is 15.5. The lowest BCUT2D eigenvalue weighted by molar-refractivity contribution is 0.185. The SMILES string of the molecule is C=C1N(Cc2ccc(Cl)cc2)c2ccccc2N1CC(O)c1ccc(Cl)cc1Cl. The number of aliphatic hydroxyl groups excluding tert-OH is 1. The molecule has 6 heteroatoms. The molecule has 0 amide bonds. The summed E-state index contributed by atoms with van der Waals surface area (Å²) >= 11 is 18.3. The molecule has 0 saturated carbocycles. The minimum absolute atomic E-state index is 0.328. The van der Waals surface area contributed by atoms with E-state index in [1.807, 2.05) is 47.4 Å². The molecule has 148 valence electrons. The third-order valence-corrected chi connectivity index (χ3v) is 5.83. The molecule has 0 saturated heterocycles. The number of fused-ring (bicyclic) bond motifs is 1. The maximum atomic E-state index is 10.9. The number of β-amino-alcohol motifs (C(OH)–C–C–N with tert-alkyl or cyclic N) is 1. The van der Waals surface area contributed by atoms with Crippen LogP contribution in [0.25, 0.3) is 0 Å². The smallest absolute Gasteiger partial charge is 0.106 e. The molecule has 1 atom stereocenters. The summed E-state index contributed by atoms with van der Waals surface area (Å²) in [4.78, 5) is 4.15. The monoisotopic (exact) mass is 444 g/mol. The fraction of sp³-hybridized carbons (Fsp3) is 0.130. The Morgan fingerprint density at radius 3 is 2.10 bits per heavy atom. The molecule has 1 heterocycles. The van der Waals surface area contributed by atoms with Crippen molar-refractivity contribution in [3.05, 3.63) is 105 Å². The second kappa shape index (κ2) is 8.29. The number of anilines is 2. The van der Waals surface area contributed by atoms with Crippen LogP contribution in [0.2, 0.25) is 15.1 Å². The summed E-state index contributed by atoms with van der Waals surface area (Å²) in [6.07, 6.45) is -0.792. The van der Waals surface area contributed by atoms with Gasteiger partial charge in [0.2, 0.25) is 0 Å². The van der Waals surface area contributed by atoms with Crippen LogP contribution < -0.4 is 9.80 Å². The van der Waals surface area contributed by atoms with Crippen LogP contribution in [0, 0.1) is 0 Å².